The molecule has 1 aromatic carbocycles. The zero-order chi connectivity index (χ0) is 16.4. The Hall–Kier alpha value is -2.83. The topological polar surface area (TPSA) is 82.7 Å². The summed E-state index contributed by atoms with van der Waals surface area (Å²) in [6.45, 7) is 5.02. The van der Waals surface area contributed by atoms with Gasteiger partial charge in [-0.2, -0.15) is 0 Å². The molecule has 0 atom stereocenters. The Kier molecular flexibility index (Phi) is 4.01. The lowest BCUT2D eigenvalue weighted by atomic mass is 10.2. The maximum atomic E-state index is 10.8. The third-order valence-corrected chi connectivity index (χ3v) is 4.02. The van der Waals surface area contributed by atoms with Gasteiger partial charge in [0.2, 0.25) is 0 Å². The molecule has 23 heavy (non-hydrogen) atoms. The number of benzene rings is 1. The number of phenolic OH excluding ortho intramolecular Hbond substituents is 1. The van der Waals surface area contributed by atoms with E-state index in [2.05, 4.69) is 14.8 Å². The maximum Gasteiger partial charge on any atom is 0.287 e. The van der Waals surface area contributed by atoms with Crippen LogP contribution in [0.3, 0.4) is 0 Å². The van der Waals surface area contributed by atoms with Crippen molar-refractivity contribution in [1.82, 2.24) is 4.98 Å². The molecule has 120 valence electrons. The van der Waals surface area contributed by atoms with Crippen LogP contribution in [0.25, 0.3) is 0 Å². The summed E-state index contributed by atoms with van der Waals surface area (Å²) in [5.41, 5.74) is 1.83. The van der Waals surface area contributed by atoms with Crippen molar-refractivity contribution in [3.8, 4) is 5.75 Å². The number of aryl methyl sites for hydroxylation is 1. The number of pyridine rings is 1. The molecule has 1 saturated heterocycles. The summed E-state index contributed by atoms with van der Waals surface area (Å²) in [6, 6.07) is 8.78. The minimum absolute atomic E-state index is 0.0182. The van der Waals surface area contributed by atoms with E-state index in [0.29, 0.717) is 0 Å². The van der Waals surface area contributed by atoms with Gasteiger partial charge in [-0.25, -0.2) is 4.98 Å². The van der Waals surface area contributed by atoms with E-state index in [0.717, 1.165) is 43.2 Å². The lowest BCUT2D eigenvalue weighted by molar-refractivity contribution is -0.385. The molecular weight excluding hydrogens is 296 g/mol. The fourth-order valence-electron chi connectivity index (χ4n) is 2.85. The van der Waals surface area contributed by atoms with Crippen molar-refractivity contribution < 1.29 is 10.0 Å². The van der Waals surface area contributed by atoms with Gasteiger partial charge in [-0.3, -0.25) is 10.1 Å². The second-order valence-corrected chi connectivity index (χ2v) is 5.59. The summed E-state index contributed by atoms with van der Waals surface area (Å²) in [7, 11) is 0. The summed E-state index contributed by atoms with van der Waals surface area (Å²) in [5, 5.41) is 20.4. The van der Waals surface area contributed by atoms with E-state index in [9.17, 15) is 15.2 Å². The van der Waals surface area contributed by atoms with Crippen LogP contribution in [-0.4, -0.2) is 41.2 Å². The van der Waals surface area contributed by atoms with Crippen LogP contribution >= 0.6 is 0 Å². The number of hydrogen-bond acceptors (Lipinski definition) is 6. The van der Waals surface area contributed by atoms with Gasteiger partial charge in [-0.1, -0.05) is 6.07 Å². The smallest absolute Gasteiger partial charge is 0.287 e. The molecule has 3 rings (SSSR count). The SMILES string of the molecule is Cc1cc([N+](=O)[O-])cnc1N1CCN(c2cccc(O)c2)CC1. The Morgan fingerprint density at radius 3 is 2.48 bits per heavy atom. The van der Waals surface area contributed by atoms with Gasteiger partial charge in [-0.15, -0.1) is 0 Å². The average Bonchev–Trinajstić information content (AvgIpc) is 2.55. The minimum atomic E-state index is -0.427. The second-order valence-electron chi connectivity index (χ2n) is 5.59. The molecule has 0 amide bonds. The largest absolute Gasteiger partial charge is 0.508 e. The molecule has 7 heteroatoms. The van der Waals surface area contributed by atoms with Gasteiger partial charge in [0.1, 0.15) is 17.8 Å². The molecule has 0 bridgehead atoms. The van der Waals surface area contributed by atoms with Crippen LogP contribution in [0.2, 0.25) is 0 Å². The van der Waals surface area contributed by atoms with Gasteiger partial charge < -0.3 is 14.9 Å². The molecule has 1 aromatic heterocycles. The molecule has 0 spiro atoms. The average molecular weight is 314 g/mol. The molecular formula is C16H18N4O3. The molecule has 1 fully saturated rings. The number of anilines is 2. The third kappa shape index (κ3) is 3.18. The van der Waals surface area contributed by atoms with Crippen LogP contribution in [0.15, 0.2) is 36.5 Å². The molecule has 0 radical (unpaired) electrons. The van der Waals surface area contributed by atoms with Crippen molar-refractivity contribution in [2.45, 2.75) is 6.92 Å². The van der Waals surface area contributed by atoms with Crippen LogP contribution in [0, 0.1) is 17.0 Å². The Morgan fingerprint density at radius 2 is 1.87 bits per heavy atom. The molecule has 1 aliphatic heterocycles. The summed E-state index contributed by atoms with van der Waals surface area (Å²) in [5.74, 6) is 1.06. The maximum absolute atomic E-state index is 10.8. The predicted octanol–water partition coefficient (Wildman–Crippen LogP) is 2.33. The number of rotatable bonds is 3. The number of hydrogen-bond donors (Lipinski definition) is 1. The first kappa shape index (κ1) is 15.1. The van der Waals surface area contributed by atoms with Crippen molar-refractivity contribution in [3.05, 3.63) is 52.2 Å². The van der Waals surface area contributed by atoms with E-state index >= 15 is 0 Å². The predicted molar refractivity (Wildman–Crippen MR) is 88.2 cm³/mol. The molecule has 1 N–H and O–H groups in total. The number of nitrogens with zero attached hydrogens (tertiary/aromatic N) is 4. The van der Waals surface area contributed by atoms with Crippen LogP contribution in [0.4, 0.5) is 17.2 Å². The van der Waals surface area contributed by atoms with Gasteiger partial charge in [0, 0.05) is 44.0 Å². The van der Waals surface area contributed by atoms with Gasteiger partial charge in [-0.05, 0) is 24.6 Å². The Morgan fingerprint density at radius 1 is 1.17 bits per heavy atom. The van der Waals surface area contributed by atoms with Crippen molar-refractivity contribution >= 4 is 17.2 Å². The fourth-order valence-corrected chi connectivity index (χ4v) is 2.85. The number of nitro groups is 1. The number of piperazine rings is 1. The van der Waals surface area contributed by atoms with Gasteiger partial charge in [0.05, 0.1) is 4.92 Å². The van der Waals surface area contributed by atoms with Crippen LogP contribution in [-0.2, 0) is 0 Å². The quantitative estimate of drug-likeness (QED) is 0.691. The Balaban J connectivity index is 1.70. The normalized spacial score (nSPS) is 14.8. The van der Waals surface area contributed by atoms with Crippen LogP contribution in [0.1, 0.15) is 5.56 Å². The second kappa shape index (κ2) is 6.12. The summed E-state index contributed by atoms with van der Waals surface area (Å²) in [4.78, 5) is 19.0. The van der Waals surface area contributed by atoms with Crippen LogP contribution in [0.5, 0.6) is 5.75 Å². The van der Waals surface area contributed by atoms with E-state index in [1.54, 1.807) is 18.2 Å². The molecule has 7 nitrogen and oxygen atoms in total. The molecule has 2 heterocycles. The highest BCUT2D eigenvalue weighted by atomic mass is 16.6. The number of phenols is 1. The van der Waals surface area contributed by atoms with Gasteiger partial charge >= 0.3 is 0 Å². The highest BCUT2D eigenvalue weighted by Crippen LogP contribution is 2.25. The zero-order valence-electron chi connectivity index (χ0n) is 12.8. The van der Waals surface area contributed by atoms with E-state index < -0.39 is 4.92 Å². The Bertz CT molecular complexity index is 727. The Labute approximate surface area is 133 Å². The monoisotopic (exact) mass is 314 g/mol. The van der Waals surface area contributed by atoms with Crippen LogP contribution < -0.4 is 9.80 Å². The number of aromatic nitrogens is 1. The zero-order valence-corrected chi connectivity index (χ0v) is 12.8. The van der Waals surface area contributed by atoms with Crippen molar-refractivity contribution in [2.75, 3.05) is 36.0 Å². The minimum Gasteiger partial charge on any atom is -0.508 e. The standard InChI is InChI=1S/C16H18N4O3/c1-12-9-14(20(22)23)11-17-16(12)19-7-5-18(6-8-19)13-3-2-4-15(21)10-13/h2-4,9-11,21H,5-8H2,1H3. The molecule has 2 aromatic rings. The van der Waals surface area contributed by atoms with E-state index in [1.165, 1.54) is 6.20 Å². The van der Waals surface area contributed by atoms with Gasteiger partial charge in [0.25, 0.3) is 5.69 Å². The highest BCUT2D eigenvalue weighted by Gasteiger charge is 2.21. The van der Waals surface area contributed by atoms with E-state index in [4.69, 9.17) is 0 Å². The molecule has 0 unspecified atom stereocenters. The fraction of sp³-hybridized carbons (Fsp3) is 0.312. The first-order valence-electron chi connectivity index (χ1n) is 7.44. The summed E-state index contributed by atoms with van der Waals surface area (Å²) in [6.07, 6.45) is 1.31. The lowest BCUT2D eigenvalue weighted by Crippen LogP contribution is -2.47. The van der Waals surface area contributed by atoms with Crippen molar-refractivity contribution in [2.24, 2.45) is 0 Å². The summed E-state index contributed by atoms with van der Waals surface area (Å²) >= 11 is 0. The first-order valence-corrected chi connectivity index (χ1v) is 7.44. The van der Waals surface area contributed by atoms with Crippen molar-refractivity contribution in [1.29, 1.82) is 0 Å². The number of aromatic hydroxyl groups is 1. The lowest BCUT2D eigenvalue weighted by Gasteiger charge is -2.37. The molecule has 0 saturated carbocycles. The summed E-state index contributed by atoms with van der Waals surface area (Å²) < 4.78 is 0. The van der Waals surface area contributed by atoms with Crippen molar-refractivity contribution in [3.63, 3.8) is 0 Å². The molecule has 0 aliphatic carbocycles. The van der Waals surface area contributed by atoms with E-state index in [-0.39, 0.29) is 11.4 Å². The highest BCUT2D eigenvalue weighted by molar-refractivity contribution is 5.54. The van der Waals surface area contributed by atoms with E-state index in [1.807, 2.05) is 19.1 Å². The first-order chi connectivity index (χ1) is 11.0. The molecule has 1 aliphatic rings. The third-order valence-electron chi connectivity index (χ3n) is 4.02. The van der Waals surface area contributed by atoms with Gasteiger partial charge in [0.15, 0.2) is 0 Å².